The highest BCUT2D eigenvalue weighted by Crippen LogP contribution is 2.27. The van der Waals surface area contributed by atoms with Gasteiger partial charge in [0.1, 0.15) is 85.1 Å². The number of unbranched alkanes of at least 4 members (excludes halogenated alkanes) is 6. The number of aliphatic hydroxyl groups excluding tert-OH is 10. The van der Waals surface area contributed by atoms with Gasteiger partial charge in [0.05, 0.1) is 111 Å². The van der Waals surface area contributed by atoms with E-state index in [0.29, 0.717) is 25.8 Å². The standard InChI is InChI=1S/C66H117N9O30/c1-37(2)102-44-31-45(103-46(44)33-77)63(94)68-18-12-10-8-6-7-9-11-13-50(84)74-43(62(93)70-20-23-96-25-28-98-64-52(71-38(3)80)58(89)55(86)41(32-76)36-101-64)15-17-51(85)75-42(61(92)69-21-24-97-27-30-100-66-54(73-40(5)82)60(91)57(88)48(35-79)105-66)14-16-49(83)67-19-22-95-26-29-99-65-53(72-39(4)81)59(90)56(87)47(34-78)104-65/h37,41-48,52-60,64-66,76-79,86-91H,6-36H2,1-5H3,(H,67,83)(H,68,94)(H,69,92)(H,70,93)(H,71,80)(H,72,81)(H,73,82)(H,74,84)(H,75,85). The van der Waals surface area contributed by atoms with Crippen LogP contribution in [0.5, 0.6) is 0 Å². The molecule has 20 atom stereocenters. The Bertz CT molecular complexity index is 2580. The van der Waals surface area contributed by atoms with Crippen LogP contribution >= 0.6 is 0 Å². The number of nitrogens with one attached hydrogen (secondary N) is 9. The average Bonchev–Trinajstić information content (AvgIpc) is 1.68. The van der Waals surface area contributed by atoms with Crippen molar-refractivity contribution in [1.29, 1.82) is 0 Å². The third-order valence-electron chi connectivity index (χ3n) is 17.4. The molecule has 4 saturated heterocycles. The molecule has 0 aromatic carbocycles. The van der Waals surface area contributed by atoms with Crippen LogP contribution in [0.2, 0.25) is 0 Å². The summed E-state index contributed by atoms with van der Waals surface area (Å²) in [5, 5.41) is 125. The van der Waals surface area contributed by atoms with E-state index in [1.807, 2.05) is 13.8 Å². The van der Waals surface area contributed by atoms with Crippen LogP contribution in [-0.4, -0.2) is 345 Å². The topological polar surface area (TPSA) is 566 Å². The lowest BCUT2D eigenvalue weighted by Gasteiger charge is -2.42. The number of ether oxygens (including phenoxy) is 11. The minimum absolute atomic E-state index is 0.0233. The Labute approximate surface area is 610 Å². The molecule has 20 unspecified atom stereocenters. The molecule has 0 spiro atoms. The Hall–Kier alpha value is -5.61. The molecule has 4 heterocycles. The van der Waals surface area contributed by atoms with Crippen molar-refractivity contribution in [3.63, 3.8) is 0 Å². The first kappa shape index (κ1) is 91.8. The fraction of sp³-hybridized carbons (Fsp3) is 0.864. The first-order chi connectivity index (χ1) is 50.2. The maximum atomic E-state index is 13.8. The first-order valence-electron chi connectivity index (χ1n) is 36.1. The van der Waals surface area contributed by atoms with Gasteiger partial charge in [0.15, 0.2) is 18.9 Å². The number of carbonyl (C=O) groups excluding carboxylic acids is 9. The van der Waals surface area contributed by atoms with Crippen molar-refractivity contribution in [2.75, 3.05) is 119 Å². The van der Waals surface area contributed by atoms with Gasteiger partial charge in [0.25, 0.3) is 0 Å². The number of rotatable bonds is 51. The summed E-state index contributed by atoms with van der Waals surface area (Å²) in [4.78, 5) is 116. The lowest BCUT2D eigenvalue weighted by molar-refractivity contribution is -0.272. The SMILES string of the molecule is CC(=O)NC1C(OCCOCCNC(=O)C(CCC(=O)NC(CCC(=O)NCCOCCOC2OC(CO)C(O)C(O)C2NC(C)=O)C(=O)NCCOCCOC2OC(CO)C(O)C(O)C2NC(C)=O)NC(=O)CCCCCCCCCNC(=O)C2CC(OC(C)C)C(CO)O2)OCC(CO)C(O)C1O. The van der Waals surface area contributed by atoms with Crippen LogP contribution in [0, 0.1) is 5.92 Å². The molecule has 4 fully saturated rings. The molecule has 9 amide bonds. The van der Waals surface area contributed by atoms with Crippen molar-refractivity contribution in [3.8, 4) is 0 Å². The number of hydrogen-bond donors (Lipinski definition) is 19. The van der Waals surface area contributed by atoms with Crippen molar-refractivity contribution in [3.05, 3.63) is 0 Å². The summed E-state index contributed by atoms with van der Waals surface area (Å²) in [6, 6.07) is -6.18. The van der Waals surface area contributed by atoms with Crippen LogP contribution in [0.3, 0.4) is 0 Å². The summed E-state index contributed by atoms with van der Waals surface area (Å²) in [5.74, 6) is -5.94. The van der Waals surface area contributed by atoms with Crippen molar-refractivity contribution < 1.29 is 146 Å². The second-order valence-electron chi connectivity index (χ2n) is 26.2. The molecular weight excluding hydrogens is 1400 g/mol. The highest BCUT2D eigenvalue weighted by atomic mass is 16.7. The van der Waals surface area contributed by atoms with E-state index in [4.69, 9.17) is 52.1 Å². The van der Waals surface area contributed by atoms with E-state index in [-0.39, 0.29) is 136 Å². The largest absolute Gasteiger partial charge is 0.396 e. The van der Waals surface area contributed by atoms with E-state index in [1.165, 1.54) is 20.8 Å². The first-order valence-corrected chi connectivity index (χ1v) is 36.1. The van der Waals surface area contributed by atoms with E-state index in [0.717, 1.165) is 32.1 Å². The summed E-state index contributed by atoms with van der Waals surface area (Å²) in [6.45, 7) is 4.34. The molecule has 0 saturated carbocycles. The van der Waals surface area contributed by atoms with Crippen LogP contribution < -0.4 is 47.9 Å². The highest BCUT2D eigenvalue weighted by molar-refractivity contribution is 5.90. The van der Waals surface area contributed by atoms with Crippen molar-refractivity contribution in [2.45, 2.75) is 240 Å². The summed E-state index contributed by atoms with van der Waals surface area (Å²) < 4.78 is 62.1. The van der Waals surface area contributed by atoms with Crippen LogP contribution in [0.25, 0.3) is 0 Å². The summed E-state index contributed by atoms with van der Waals surface area (Å²) >= 11 is 0. The summed E-state index contributed by atoms with van der Waals surface area (Å²) in [6.07, 6.45) is -12.6. The minimum Gasteiger partial charge on any atom is -0.396 e. The second-order valence-corrected chi connectivity index (χ2v) is 26.2. The minimum atomic E-state index is -1.55. The normalized spacial score (nSPS) is 28.1. The van der Waals surface area contributed by atoms with Gasteiger partial charge in [-0.2, -0.15) is 0 Å². The number of amides is 9. The molecule has 39 heteroatoms. The van der Waals surface area contributed by atoms with Crippen LogP contribution in [0.15, 0.2) is 0 Å². The molecular formula is C66H117N9O30. The van der Waals surface area contributed by atoms with Gasteiger partial charge in [-0.25, -0.2) is 0 Å². The molecule has 0 aromatic rings. The lowest BCUT2D eigenvalue weighted by Crippen LogP contribution is -2.64. The zero-order valence-electron chi connectivity index (χ0n) is 60.7. The molecule has 19 N–H and O–H groups in total. The second kappa shape index (κ2) is 50.9. The molecule has 0 aromatic heterocycles. The Balaban J connectivity index is 1.34. The quantitative estimate of drug-likeness (QED) is 0.0252. The van der Waals surface area contributed by atoms with Crippen molar-refractivity contribution >= 4 is 53.2 Å². The maximum absolute atomic E-state index is 13.8. The summed E-state index contributed by atoms with van der Waals surface area (Å²) in [5.41, 5.74) is 0. The van der Waals surface area contributed by atoms with Gasteiger partial charge in [0.2, 0.25) is 53.2 Å². The number of carbonyl (C=O) groups is 9. The average molecular weight is 1520 g/mol. The predicted octanol–water partition coefficient (Wildman–Crippen LogP) is -7.78. The predicted molar refractivity (Wildman–Crippen MR) is 363 cm³/mol. The fourth-order valence-corrected chi connectivity index (χ4v) is 11.8. The third kappa shape index (κ3) is 33.8. The molecule has 4 aliphatic rings. The van der Waals surface area contributed by atoms with E-state index >= 15 is 0 Å². The molecule has 39 nitrogen and oxygen atoms in total. The van der Waals surface area contributed by atoms with E-state index in [9.17, 15) is 94.2 Å². The molecule has 0 radical (unpaired) electrons. The zero-order valence-corrected chi connectivity index (χ0v) is 60.7. The van der Waals surface area contributed by atoms with Gasteiger partial charge >= 0.3 is 0 Å². The van der Waals surface area contributed by atoms with Crippen molar-refractivity contribution in [2.24, 2.45) is 5.92 Å². The maximum Gasteiger partial charge on any atom is 0.249 e. The van der Waals surface area contributed by atoms with Crippen LogP contribution in [0.1, 0.15) is 118 Å². The summed E-state index contributed by atoms with van der Waals surface area (Å²) in [7, 11) is 0. The lowest BCUT2D eigenvalue weighted by atomic mass is 9.96. The monoisotopic (exact) mass is 1520 g/mol. The van der Waals surface area contributed by atoms with E-state index in [2.05, 4.69) is 47.9 Å². The Morgan fingerprint density at radius 1 is 0.429 bits per heavy atom. The van der Waals surface area contributed by atoms with E-state index < -0.39 is 190 Å². The molecule has 606 valence electrons. The molecule has 0 bridgehead atoms. The van der Waals surface area contributed by atoms with Gasteiger partial charge in [-0.05, 0) is 39.5 Å². The van der Waals surface area contributed by atoms with Gasteiger partial charge in [0, 0.05) is 78.6 Å². The Morgan fingerprint density at radius 2 is 0.848 bits per heavy atom. The Kier molecular flexibility index (Phi) is 44.5. The van der Waals surface area contributed by atoms with E-state index in [1.54, 1.807) is 0 Å². The van der Waals surface area contributed by atoms with Gasteiger partial charge in [-0.1, -0.05) is 32.1 Å². The third-order valence-corrected chi connectivity index (χ3v) is 17.4. The Morgan fingerprint density at radius 3 is 1.30 bits per heavy atom. The van der Waals surface area contributed by atoms with Crippen LogP contribution in [0.4, 0.5) is 0 Å². The van der Waals surface area contributed by atoms with Gasteiger partial charge < -0.3 is 151 Å². The zero-order chi connectivity index (χ0) is 77.4. The van der Waals surface area contributed by atoms with Gasteiger partial charge in [-0.15, -0.1) is 0 Å². The number of hydrogen-bond acceptors (Lipinski definition) is 30. The number of aliphatic hydroxyl groups is 10. The molecule has 4 rings (SSSR count). The molecule has 0 aliphatic carbocycles. The smallest absolute Gasteiger partial charge is 0.249 e. The van der Waals surface area contributed by atoms with Crippen LogP contribution in [-0.2, 0) is 95.3 Å². The molecule has 4 aliphatic heterocycles. The molecule has 105 heavy (non-hydrogen) atoms. The van der Waals surface area contributed by atoms with Crippen molar-refractivity contribution in [1.82, 2.24) is 47.9 Å². The van der Waals surface area contributed by atoms with Gasteiger partial charge in [-0.3, -0.25) is 43.2 Å². The fourth-order valence-electron chi connectivity index (χ4n) is 11.8. The highest BCUT2D eigenvalue weighted by Gasteiger charge is 2.48.